The molecule has 0 saturated carbocycles. The van der Waals surface area contributed by atoms with Crippen molar-refractivity contribution >= 4 is 23.5 Å². The minimum absolute atomic E-state index is 0.0543. The largest absolute Gasteiger partial charge is 0.468 e. The van der Waals surface area contributed by atoms with E-state index in [1.165, 1.54) is 31.4 Å². The zero-order valence-electron chi connectivity index (χ0n) is 10.4. The fourth-order valence-corrected chi connectivity index (χ4v) is 1.45. The van der Waals surface area contributed by atoms with E-state index in [2.05, 4.69) is 14.8 Å². The Bertz CT molecular complexity index is 467. The number of hydrogen-bond donors (Lipinski definition) is 1. The van der Waals surface area contributed by atoms with Gasteiger partial charge in [0.25, 0.3) is 5.91 Å². The van der Waals surface area contributed by atoms with Gasteiger partial charge in [-0.2, -0.15) is 8.78 Å². The molecule has 1 aromatic carbocycles. The second-order valence-electron chi connectivity index (χ2n) is 3.60. The number of halogens is 3. The Morgan fingerprint density at radius 2 is 1.90 bits per heavy atom. The SMILES string of the molecule is COC(=O)C(Cl)CNC(=O)c1ccc(OC(F)F)cc1. The molecule has 1 aromatic rings. The highest BCUT2D eigenvalue weighted by atomic mass is 35.5. The molecule has 1 unspecified atom stereocenters. The van der Waals surface area contributed by atoms with Gasteiger partial charge in [-0.05, 0) is 24.3 Å². The molecule has 0 aliphatic rings. The van der Waals surface area contributed by atoms with E-state index in [4.69, 9.17) is 11.6 Å². The van der Waals surface area contributed by atoms with E-state index in [0.717, 1.165) is 0 Å². The zero-order chi connectivity index (χ0) is 15.1. The quantitative estimate of drug-likeness (QED) is 0.643. The first-order chi connectivity index (χ1) is 9.43. The summed E-state index contributed by atoms with van der Waals surface area (Å²) in [5, 5.41) is 1.42. The summed E-state index contributed by atoms with van der Waals surface area (Å²) in [6, 6.07) is 5.10. The average molecular weight is 308 g/mol. The Morgan fingerprint density at radius 1 is 1.30 bits per heavy atom. The predicted octanol–water partition coefficient (Wildman–Crippen LogP) is 1.80. The van der Waals surface area contributed by atoms with E-state index < -0.39 is 23.9 Å². The molecule has 20 heavy (non-hydrogen) atoms. The van der Waals surface area contributed by atoms with E-state index in [0.29, 0.717) is 0 Å². The third-order valence-corrected chi connectivity index (χ3v) is 2.57. The molecule has 0 aliphatic carbocycles. The molecule has 0 radical (unpaired) electrons. The van der Waals surface area contributed by atoms with Crippen molar-refractivity contribution in [2.24, 2.45) is 0 Å². The maximum atomic E-state index is 11.9. The van der Waals surface area contributed by atoms with Crippen molar-refractivity contribution in [1.29, 1.82) is 0 Å². The summed E-state index contributed by atoms with van der Waals surface area (Å²) in [5.74, 6) is -1.21. The van der Waals surface area contributed by atoms with E-state index >= 15 is 0 Å². The maximum Gasteiger partial charge on any atom is 0.387 e. The van der Waals surface area contributed by atoms with Gasteiger partial charge >= 0.3 is 12.6 Å². The van der Waals surface area contributed by atoms with Gasteiger partial charge in [-0.25, -0.2) is 0 Å². The molecule has 0 aromatic heterocycles. The molecule has 5 nitrogen and oxygen atoms in total. The summed E-state index contributed by atoms with van der Waals surface area (Å²) < 4.78 is 32.4. The number of carbonyl (C=O) groups is 2. The third-order valence-electron chi connectivity index (χ3n) is 2.24. The number of hydrogen-bond acceptors (Lipinski definition) is 4. The van der Waals surface area contributed by atoms with Gasteiger partial charge in [0, 0.05) is 12.1 Å². The molecule has 0 bridgehead atoms. The van der Waals surface area contributed by atoms with Crippen molar-refractivity contribution in [1.82, 2.24) is 5.32 Å². The molecule has 1 amide bonds. The summed E-state index contributed by atoms with van der Waals surface area (Å²) in [7, 11) is 1.18. The molecule has 0 saturated heterocycles. The first-order valence-corrected chi connectivity index (χ1v) is 5.92. The maximum absolute atomic E-state index is 11.9. The van der Waals surface area contributed by atoms with Gasteiger partial charge < -0.3 is 14.8 Å². The Balaban J connectivity index is 2.53. The lowest BCUT2D eigenvalue weighted by Gasteiger charge is -2.09. The van der Waals surface area contributed by atoms with E-state index in [1.54, 1.807) is 0 Å². The summed E-state index contributed by atoms with van der Waals surface area (Å²) in [6.07, 6.45) is 0. The zero-order valence-corrected chi connectivity index (χ0v) is 11.2. The van der Waals surface area contributed by atoms with Crippen LogP contribution in [0.5, 0.6) is 5.75 Å². The monoisotopic (exact) mass is 307 g/mol. The van der Waals surface area contributed by atoms with Crippen LogP contribution in [0.2, 0.25) is 0 Å². The van der Waals surface area contributed by atoms with Crippen LogP contribution in [0.3, 0.4) is 0 Å². The molecule has 0 heterocycles. The van der Waals surface area contributed by atoms with Crippen LogP contribution in [-0.4, -0.2) is 37.5 Å². The number of methoxy groups -OCH3 is 1. The van der Waals surface area contributed by atoms with E-state index in [9.17, 15) is 18.4 Å². The number of benzene rings is 1. The topological polar surface area (TPSA) is 64.6 Å². The highest BCUT2D eigenvalue weighted by Crippen LogP contribution is 2.14. The fourth-order valence-electron chi connectivity index (χ4n) is 1.28. The fraction of sp³-hybridized carbons (Fsp3) is 0.333. The van der Waals surface area contributed by atoms with Gasteiger partial charge in [0.1, 0.15) is 11.1 Å². The molecular weight excluding hydrogens is 296 g/mol. The lowest BCUT2D eigenvalue weighted by molar-refractivity contribution is -0.140. The number of esters is 1. The van der Waals surface area contributed by atoms with E-state index in [-0.39, 0.29) is 17.9 Å². The minimum Gasteiger partial charge on any atom is -0.468 e. The Morgan fingerprint density at radius 3 is 2.40 bits per heavy atom. The lowest BCUT2D eigenvalue weighted by atomic mass is 10.2. The molecule has 1 N–H and O–H groups in total. The van der Waals surface area contributed by atoms with Crippen LogP contribution in [0.15, 0.2) is 24.3 Å². The second kappa shape index (κ2) is 7.64. The van der Waals surface area contributed by atoms with Crippen LogP contribution in [0, 0.1) is 0 Å². The first-order valence-electron chi connectivity index (χ1n) is 5.49. The van der Waals surface area contributed by atoms with Gasteiger partial charge in [-0.15, -0.1) is 11.6 Å². The normalized spacial score (nSPS) is 11.8. The average Bonchev–Trinajstić information content (AvgIpc) is 2.43. The minimum atomic E-state index is -2.92. The summed E-state index contributed by atoms with van der Waals surface area (Å²) in [5.41, 5.74) is 0.223. The van der Waals surface area contributed by atoms with Crippen molar-refractivity contribution in [3.8, 4) is 5.75 Å². The summed E-state index contributed by atoms with van der Waals surface area (Å²) in [6.45, 7) is -3.03. The molecule has 0 aliphatic heterocycles. The van der Waals surface area contributed by atoms with Crippen molar-refractivity contribution in [3.05, 3.63) is 29.8 Å². The molecule has 110 valence electrons. The van der Waals surface area contributed by atoms with Crippen LogP contribution in [-0.2, 0) is 9.53 Å². The van der Waals surface area contributed by atoms with Gasteiger partial charge in [0.2, 0.25) is 0 Å². The number of carbonyl (C=O) groups excluding carboxylic acids is 2. The molecular formula is C12H12ClF2NO4. The van der Waals surface area contributed by atoms with Crippen LogP contribution < -0.4 is 10.1 Å². The molecule has 1 rings (SSSR count). The number of alkyl halides is 3. The van der Waals surface area contributed by atoms with Crippen LogP contribution in [0.4, 0.5) is 8.78 Å². The number of nitrogens with one attached hydrogen (secondary N) is 1. The van der Waals surface area contributed by atoms with Gasteiger partial charge in [0.15, 0.2) is 0 Å². The van der Waals surface area contributed by atoms with Crippen molar-refractivity contribution in [3.63, 3.8) is 0 Å². The van der Waals surface area contributed by atoms with Crippen LogP contribution in [0.25, 0.3) is 0 Å². The number of ether oxygens (including phenoxy) is 2. The Hall–Kier alpha value is -1.89. The van der Waals surface area contributed by atoms with Crippen molar-refractivity contribution in [2.45, 2.75) is 12.0 Å². The van der Waals surface area contributed by atoms with Crippen molar-refractivity contribution in [2.75, 3.05) is 13.7 Å². The van der Waals surface area contributed by atoms with Gasteiger partial charge in [-0.3, -0.25) is 9.59 Å². The first kappa shape index (κ1) is 16.2. The van der Waals surface area contributed by atoms with Gasteiger partial charge in [0.05, 0.1) is 7.11 Å². The number of amides is 1. The predicted molar refractivity (Wildman–Crippen MR) is 67.1 cm³/mol. The van der Waals surface area contributed by atoms with Crippen molar-refractivity contribution < 1.29 is 27.8 Å². The standard InChI is InChI=1S/C12H12ClF2NO4/c1-19-11(18)9(13)6-16-10(17)7-2-4-8(5-3-7)20-12(14)15/h2-5,9,12H,6H2,1H3,(H,16,17). The summed E-state index contributed by atoms with van der Waals surface area (Å²) in [4.78, 5) is 22.7. The molecule has 1 atom stereocenters. The number of rotatable bonds is 6. The van der Waals surface area contributed by atoms with Gasteiger partial charge in [-0.1, -0.05) is 0 Å². The lowest BCUT2D eigenvalue weighted by Crippen LogP contribution is -2.34. The highest BCUT2D eigenvalue weighted by molar-refractivity contribution is 6.30. The second-order valence-corrected chi connectivity index (χ2v) is 4.13. The van der Waals surface area contributed by atoms with Crippen LogP contribution >= 0.6 is 11.6 Å². The third kappa shape index (κ3) is 5.00. The molecule has 0 fully saturated rings. The van der Waals surface area contributed by atoms with Crippen LogP contribution in [0.1, 0.15) is 10.4 Å². The smallest absolute Gasteiger partial charge is 0.387 e. The molecule has 8 heteroatoms. The molecule has 0 spiro atoms. The highest BCUT2D eigenvalue weighted by Gasteiger charge is 2.17. The Labute approximate surface area is 118 Å². The summed E-state index contributed by atoms with van der Waals surface area (Å²) >= 11 is 5.65. The van der Waals surface area contributed by atoms with E-state index in [1.807, 2.05) is 0 Å². The Kier molecular flexibility index (Phi) is 6.17.